The molecule has 1 aliphatic rings. The van der Waals surface area contributed by atoms with Crippen molar-refractivity contribution in [1.82, 2.24) is 34.5 Å². The van der Waals surface area contributed by atoms with Crippen LogP contribution < -0.4 is 10.5 Å². The summed E-state index contributed by atoms with van der Waals surface area (Å²) in [6, 6.07) is 13.2. The molecule has 1 amide bonds. The summed E-state index contributed by atoms with van der Waals surface area (Å²) in [5, 5.41) is 5.60. The van der Waals surface area contributed by atoms with Gasteiger partial charge in [0.05, 0.1) is 11.4 Å². The predicted octanol–water partition coefficient (Wildman–Crippen LogP) is 3.54. The molecule has 4 heterocycles. The average molecular weight is 499 g/mol. The van der Waals surface area contributed by atoms with E-state index in [1.165, 1.54) is 6.33 Å². The van der Waals surface area contributed by atoms with Crippen molar-refractivity contribution in [2.45, 2.75) is 18.9 Å². The van der Waals surface area contributed by atoms with Crippen LogP contribution >= 0.6 is 0 Å². The minimum absolute atomic E-state index is 0.00980. The van der Waals surface area contributed by atoms with E-state index in [1.807, 2.05) is 71.1 Å². The maximum Gasteiger partial charge on any atom is 0.246 e. The summed E-state index contributed by atoms with van der Waals surface area (Å²) < 4.78 is 7.71. The van der Waals surface area contributed by atoms with Gasteiger partial charge in [-0.1, -0.05) is 24.3 Å². The third-order valence-corrected chi connectivity index (χ3v) is 6.28. The summed E-state index contributed by atoms with van der Waals surface area (Å²) in [4.78, 5) is 29.9. The Bertz CT molecular complexity index is 1400. The standard InChI is InChI=1S/C27H30N8O2/c1-33(2)14-7-11-23(36)34-15-6-8-20(17-34)35-27-24(26(28)30-18-31-27)25(32-35)19-12-13-22(29-16-19)37-21-9-4-3-5-10-21/h3-5,7,9-13,16,18,20H,6,8,14-15,17H2,1-2H3,(H2,28,30,31)/t20-/m1/s1. The highest BCUT2D eigenvalue weighted by Gasteiger charge is 2.28. The molecule has 1 aromatic carbocycles. The number of hydrogen-bond donors (Lipinski definition) is 1. The largest absolute Gasteiger partial charge is 0.439 e. The van der Waals surface area contributed by atoms with E-state index in [0.29, 0.717) is 40.7 Å². The monoisotopic (exact) mass is 498 g/mol. The second-order valence-corrected chi connectivity index (χ2v) is 9.30. The lowest BCUT2D eigenvalue weighted by Gasteiger charge is -2.32. The zero-order valence-corrected chi connectivity index (χ0v) is 21.0. The van der Waals surface area contributed by atoms with Crippen molar-refractivity contribution >= 4 is 22.8 Å². The van der Waals surface area contributed by atoms with Crippen molar-refractivity contribution in [3.05, 3.63) is 67.1 Å². The Kier molecular flexibility index (Phi) is 7.09. The molecule has 190 valence electrons. The summed E-state index contributed by atoms with van der Waals surface area (Å²) in [6.07, 6.45) is 8.46. The van der Waals surface area contributed by atoms with E-state index in [-0.39, 0.29) is 11.9 Å². The van der Waals surface area contributed by atoms with Crippen LogP contribution in [0.3, 0.4) is 0 Å². The second kappa shape index (κ2) is 10.8. The Morgan fingerprint density at radius 2 is 2.00 bits per heavy atom. The minimum atomic E-state index is -0.0286. The fraction of sp³-hybridized carbons (Fsp3) is 0.296. The van der Waals surface area contributed by atoms with Crippen LogP contribution in [-0.4, -0.2) is 74.2 Å². The van der Waals surface area contributed by atoms with Crippen LogP contribution in [0.5, 0.6) is 11.6 Å². The van der Waals surface area contributed by atoms with Crippen molar-refractivity contribution < 1.29 is 9.53 Å². The predicted molar refractivity (Wildman–Crippen MR) is 142 cm³/mol. The van der Waals surface area contributed by atoms with Gasteiger partial charge >= 0.3 is 0 Å². The van der Waals surface area contributed by atoms with Gasteiger partial charge in [-0.05, 0) is 45.1 Å². The number of ether oxygens (including phenoxy) is 1. The van der Waals surface area contributed by atoms with Crippen LogP contribution in [0.15, 0.2) is 67.1 Å². The molecule has 5 rings (SSSR count). The molecular weight excluding hydrogens is 468 g/mol. The molecule has 1 atom stereocenters. The molecular formula is C27H30N8O2. The Labute approximate surface area is 215 Å². The van der Waals surface area contributed by atoms with Crippen molar-refractivity contribution in [1.29, 1.82) is 0 Å². The van der Waals surface area contributed by atoms with E-state index in [2.05, 4.69) is 15.0 Å². The number of nitrogen functional groups attached to an aromatic ring is 1. The average Bonchev–Trinajstić information content (AvgIpc) is 3.31. The fourth-order valence-corrected chi connectivity index (χ4v) is 4.47. The number of rotatable bonds is 7. The zero-order chi connectivity index (χ0) is 25.8. The number of pyridine rings is 1. The SMILES string of the molecule is CN(C)CC=CC(=O)N1CCC[C@@H](n2nc(-c3ccc(Oc4ccccc4)nc3)c3c(N)ncnc32)C1. The van der Waals surface area contributed by atoms with Gasteiger partial charge in [-0.15, -0.1) is 0 Å². The number of piperidine rings is 1. The molecule has 0 unspecified atom stereocenters. The van der Waals surface area contributed by atoms with E-state index in [1.54, 1.807) is 18.3 Å². The van der Waals surface area contributed by atoms with E-state index in [4.69, 9.17) is 15.6 Å². The molecule has 0 bridgehead atoms. The number of carbonyl (C=O) groups is 1. The number of likely N-dealkylation sites (tertiary alicyclic amines) is 1. The molecule has 0 saturated carbocycles. The molecule has 0 radical (unpaired) electrons. The fourth-order valence-electron chi connectivity index (χ4n) is 4.47. The number of nitrogens with two attached hydrogens (primary N) is 1. The van der Waals surface area contributed by atoms with Crippen molar-refractivity contribution in [2.75, 3.05) is 39.5 Å². The van der Waals surface area contributed by atoms with E-state index < -0.39 is 0 Å². The van der Waals surface area contributed by atoms with Gasteiger partial charge in [0.15, 0.2) is 5.65 Å². The Morgan fingerprint density at radius 1 is 1.16 bits per heavy atom. The number of anilines is 1. The molecule has 0 spiro atoms. The maximum atomic E-state index is 12.8. The summed E-state index contributed by atoms with van der Waals surface area (Å²) in [5.74, 6) is 1.55. The number of aromatic nitrogens is 5. The Morgan fingerprint density at radius 3 is 2.76 bits per heavy atom. The van der Waals surface area contributed by atoms with Crippen LogP contribution in [0.25, 0.3) is 22.3 Å². The van der Waals surface area contributed by atoms with Gasteiger partial charge in [0.1, 0.15) is 23.6 Å². The van der Waals surface area contributed by atoms with E-state index in [9.17, 15) is 4.79 Å². The van der Waals surface area contributed by atoms with Gasteiger partial charge < -0.3 is 20.3 Å². The summed E-state index contributed by atoms with van der Waals surface area (Å²) in [7, 11) is 3.94. The van der Waals surface area contributed by atoms with Crippen LogP contribution in [-0.2, 0) is 4.79 Å². The summed E-state index contributed by atoms with van der Waals surface area (Å²) in [6.45, 7) is 1.99. The van der Waals surface area contributed by atoms with Gasteiger partial charge in [0.2, 0.25) is 11.8 Å². The van der Waals surface area contributed by atoms with E-state index >= 15 is 0 Å². The number of fused-ring (bicyclic) bond motifs is 1. The number of para-hydroxylation sites is 1. The second-order valence-electron chi connectivity index (χ2n) is 9.30. The lowest BCUT2D eigenvalue weighted by atomic mass is 10.1. The van der Waals surface area contributed by atoms with Gasteiger partial charge in [-0.2, -0.15) is 5.10 Å². The van der Waals surface area contributed by atoms with E-state index in [0.717, 1.165) is 31.5 Å². The number of carbonyl (C=O) groups excluding carboxylic acids is 1. The molecule has 10 nitrogen and oxygen atoms in total. The lowest BCUT2D eigenvalue weighted by Crippen LogP contribution is -2.40. The molecule has 10 heteroatoms. The highest BCUT2D eigenvalue weighted by molar-refractivity contribution is 5.98. The number of likely N-dealkylation sites (N-methyl/N-ethyl adjacent to an activating group) is 1. The first-order chi connectivity index (χ1) is 18.0. The number of nitrogens with zero attached hydrogens (tertiary/aromatic N) is 7. The molecule has 0 aliphatic carbocycles. The van der Waals surface area contributed by atoms with Crippen molar-refractivity contribution in [2.24, 2.45) is 0 Å². The highest BCUT2D eigenvalue weighted by Crippen LogP contribution is 2.34. The molecule has 1 saturated heterocycles. The molecule has 4 aromatic rings. The Hall–Kier alpha value is -4.31. The third kappa shape index (κ3) is 5.44. The molecule has 37 heavy (non-hydrogen) atoms. The first kappa shape index (κ1) is 24.4. The van der Waals surface area contributed by atoms with Gasteiger partial charge in [0.25, 0.3) is 0 Å². The summed E-state index contributed by atoms with van der Waals surface area (Å²) >= 11 is 0. The van der Waals surface area contributed by atoms with Gasteiger partial charge in [-0.25, -0.2) is 19.6 Å². The molecule has 3 aromatic heterocycles. The van der Waals surface area contributed by atoms with Crippen LogP contribution in [0.4, 0.5) is 5.82 Å². The molecule has 2 N–H and O–H groups in total. The number of hydrogen-bond acceptors (Lipinski definition) is 8. The molecule has 1 aliphatic heterocycles. The van der Waals surface area contributed by atoms with Gasteiger partial charge in [-0.3, -0.25) is 4.79 Å². The summed E-state index contributed by atoms with van der Waals surface area (Å²) in [5.41, 5.74) is 8.38. The highest BCUT2D eigenvalue weighted by atomic mass is 16.5. The quantitative estimate of drug-likeness (QED) is 0.385. The van der Waals surface area contributed by atoms with Crippen LogP contribution in [0.1, 0.15) is 18.9 Å². The number of benzene rings is 1. The van der Waals surface area contributed by atoms with Crippen molar-refractivity contribution in [3.8, 4) is 22.9 Å². The minimum Gasteiger partial charge on any atom is -0.439 e. The smallest absolute Gasteiger partial charge is 0.246 e. The topological polar surface area (TPSA) is 115 Å². The first-order valence-corrected chi connectivity index (χ1v) is 12.3. The van der Waals surface area contributed by atoms with Crippen molar-refractivity contribution in [3.63, 3.8) is 0 Å². The molecule has 1 fully saturated rings. The normalized spacial score (nSPS) is 16.1. The van der Waals surface area contributed by atoms with Crippen LogP contribution in [0.2, 0.25) is 0 Å². The Balaban J connectivity index is 1.42. The lowest BCUT2D eigenvalue weighted by molar-refractivity contribution is -0.127. The third-order valence-electron chi connectivity index (χ3n) is 6.28. The first-order valence-electron chi connectivity index (χ1n) is 12.3. The van der Waals surface area contributed by atoms with Gasteiger partial charge in [0, 0.05) is 43.5 Å². The zero-order valence-electron chi connectivity index (χ0n) is 21.0. The van der Waals surface area contributed by atoms with Crippen LogP contribution in [0, 0.1) is 0 Å². The number of amides is 1. The maximum absolute atomic E-state index is 12.8.